The van der Waals surface area contributed by atoms with Gasteiger partial charge in [-0.15, -0.1) is 0 Å². The quantitative estimate of drug-likeness (QED) is 0.727. The van der Waals surface area contributed by atoms with Gasteiger partial charge >= 0.3 is 0 Å². The maximum absolute atomic E-state index is 12.9. The molecule has 3 heterocycles. The maximum atomic E-state index is 12.9. The Balaban J connectivity index is 1.48. The second-order valence-electron chi connectivity index (χ2n) is 7.66. The van der Waals surface area contributed by atoms with Crippen LogP contribution in [0.3, 0.4) is 0 Å². The highest BCUT2D eigenvalue weighted by atomic mass is 16.2. The molecule has 4 rings (SSSR count). The first kappa shape index (κ1) is 19.8. The molecule has 0 aliphatic carbocycles. The van der Waals surface area contributed by atoms with E-state index in [9.17, 15) is 9.59 Å². The summed E-state index contributed by atoms with van der Waals surface area (Å²) in [6.07, 6.45) is 1.54. The number of fused-ring (bicyclic) bond motifs is 1. The Bertz CT molecular complexity index is 1120. The largest absolute Gasteiger partial charge is 0.353 e. The number of nitrogens with one attached hydrogen (secondary N) is 1. The summed E-state index contributed by atoms with van der Waals surface area (Å²) in [6, 6.07) is 11.7. The summed E-state index contributed by atoms with van der Waals surface area (Å²) < 4.78 is 0. The number of aromatic nitrogens is 2. The van der Waals surface area contributed by atoms with E-state index in [4.69, 9.17) is 4.98 Å². The van der Waals surface area contributed by atoms with Crippen LogP contribution >= 0.6 is 0 Å². The Labute approximate surface area is 175 Å². The third kappa shape index (κ3) is 3.96. The molecule has 0 bridgehead atoms. The molecule has 3 aromatic rings. The van der Waals surface area contributed by atoms with Crippen LogP contribution in [-0.2, 0) is 4.79 Å². The highest BCUT2D eigenvalue weighted by molar-refractivity contribution is 5.96. The first-order chi connectivity index (χ1) is 14.4. The van der Waals surface area contributed by atoms with E-state index in [-0.39, 0.29) is 11.8 Å². The number of para-hydroxylation sites is 1. The zero-order valence-electron chi connectivity index (χ0n) is 17.5. The van der Waals surface area contributed by atoms with Crippen LogP contribution in [0, 0.1) is 13.8 Å². The van der Waals surface area contributed by atoms with Crippen LogP contribution in [0.25, 0.3) is 10.9 Å². The van der Waals surface area contributed by atoms with Gasteiger partial charge in [0.05, 0.1) is 5.52 Å². The maximum Gasteiger partial charge on any atom is 0.254 e. The Morgan fingerprint density at radius 3 is 2.50 bits per heavy atom. The molecule has 154 valence electrons. The predicted molar refractivity (Wildman–Crippen MR) is 118 cm³/mol. The number of hydrogen-bond donors (Lipinski definition) is 1. The van der Waals surface area contributed by atoms with Crippen LogP contribution in [0.15, 0.2) is 42.6 Å². The SMILES string of the molecule is CC(=O)Nc1cc(C(=O)N2CCN(c3cc(C)c4cccc(C)c4n3)CC2)ccn1. The van der Waals surface area contributed by atoms with Gasteiger partial charge in [0.1, 0.15) is 11.6 Å². The number of aryl methyl sites for hydroxylation is 2. The van der Waals surface area contributed by atoms with Crippen molar-refractivity contribution in [2.75, 3.05) is 36.4 Å². The molecule has 0 radical (unpaired) electrons. The average molecular weight is 403 g/mol. The number of rotatable bonds is 3. The van der Waals surface area contributed by atoms with Gasteiger partial charge < -0.3 is 15.1 Å². The van der Waals surface area contributed by atoms with E-state index in [2.05, 4.69) is 53.3 Å². The van der Waals surface area contributed by atoms with Gasteiger partial charge in [-0.3, -0.25) is 9.59 Å². The molecule has 0 spiro atoms. The fourth-order valence-corrected chi connectivity index (χ4v) is 3.84. The van der Waals surface area contributed by atoms with Crippen LogP contribution < -0.4 is 10.2 Å². The molecule has 1 saturated heterocycles. The molecule has 7 nitrogen and oxygen atoms in total. The second kappa shape index (κ2) is 8.10. The highest BCUT2D eigenvalue weighted by Gasteiger charge is 2.24. The number of carbonyl (C=O) groups is 2. The van der Waals surface area contributed by atoms with Gasteiger partial charge in [-0.05, 0) is 43.2 Å². The minimum absolute atomic E-state index is 0.0536. The fraction of sp³-hybridized carbons (Fsp3) is 0.304. The normalized spacial score (nSPS) is 14.1. The molecule has 1 aliphatic rings. The molecule has 2 aromatic heterocycles. The molecule has 1 fully saturated rings. The van der Waals surface area contributed by atoms with Gasteiger partial charge in [0, 0.05) is 50.2 Å². The standard InChI is InChI=1S/C23H25N5O2/c1-15-5-4-6-19-16(2)13-21(26-22(15)19)27-9-11-28(12-10-27)23(30)18-7-8-24-20(14-18)25-17(3)29/h4-8,13-14H,9-12H2,1-3H3,(H,24,25,29). The number of carbonyl (C=O) groups excluding carboxylic acids is 2. The topological polar surface area (TPSA) is 78.4 Å². The molecule has 2 amide bonds. The summed E-state index contributed by atoms with van der Waals surface area (Å²) in [5, 5.41) is 3.80. The highest BCUT2D eigenvalue weighted by Crippen LogP contribution is 2.25. The van der Waals surface area contributed by atoms with Crippen molar-refractivity contribution in [3.63, 3.8) is 0 Å². The zero-order valence-corrected chi connectivity index (χ0v) is 17.5. The third-order valence-corrected chi connectivity index (χ3v) is 5.44. The number of benzene rings is 1. The molecular formula is C23H25N5O2. The van der Waals surface area contributed by atoms with Crippen LogP contribution in [0.5, 0.6) is 0 Å². The molecule has 7 heteroatoms. The van der Waals surface area contributed by atoms with Crippen molar-refractivity contribution in [1.29, 1.82) is 0 Å². The van der Waals surface area contributed by atoms with Crippen molar-refractivity contribution in [1.82, 2.24) is 14.9 Å². The Hall–Kier alpha value is -3.48. The summed E-state index contributed by atoms with van der Waals surface area (Å²) >= 11 is 0. The minimum Gasteiger partial charge on any atom is -0.353 e. The van der Waals surface area contributed by atoms with E-state index in [0.29, 0.717) is 24.5 Å². The smallest absolute Gasteiger partial charge is 0.254 e. The minimum atomic E-state index is -0.214. The molecule has 0 unspecified atom stereocenters. The Morgan fingerprint density at radius 2 is 1.77 bits per heavy atom. The molecule has 0 saturated carbocycles. The van der Waals surface area contributed by atoms with Crippen molar-refractivity contribution in [2.45, 2.75) is 20.8 Å². The summed E-state index contributed by atoms with van der Waals surface area (Å²) in [5.74, 6) is 1.08. The average Bonchev–Trinajstić information content (AvgIpc) is 2.74. The van der Waals surface area contributed by atoms with Gasteiger partial charge in [-0.1, -0.05) is 18.2 Å². The summed E-state index contributed by atoms with van der Waals surface area (Å²) in [6.45, 7) is 8.28. The van der Waals surface area contributed by atoms with Crippen LogP contribution in [0.4, 0.5) is 11.6 Å². The van der Waals surface area contributed by atoms with Crippen molar-refractivity contribution in [3.05, 3.63) is 59.3 Å². The van der Waals surface area contributed by atoms with Gasteiger partial charge in [0.15, 0.2) is 0 Å². The number of anilines is 2. The third-order valence-electron chi connectivity index (χ3n) is 5.44. The van der Waals surface area contributed by atoms with Crippen LogP contribution in [0.2, 0.25) is 0 Å². The van der Waals surface area contributed by atoms with E-state index in [1.54, 1.807) is 18.3 Å². The summed E-state index contributed by atoms with van der Waals surface area (Å²) in [7, 11) is 0. The molecular weight excluding hydrogens is 378 g/mol. The van der Waals surface area contributed by atoms with E-state index in [1.807, 2.05) is 4.90 Å². The molecule has 1 N–H and O–H groups in total. The number of hydrogen-bond acceptors (Lipinski definition) is 5. The van der Waals surface area contributed by atoms with Gasteiger partial charge in [0.2, 0.25) is 5.91 Å². The predicted octanol–water partition coefficient (Wildman–Crippen LogP) is 3.17. The monoisotopic (exact) mass is 403 g/mol. The van der Waals surface area contributed by atoms with E-state index >= 15 is 0 Å². The summed E-state index contributed by atoms with van der Waals surface area (Å²) in [4.78, 5) is 37.2. The lowest BCUT2D eigenvalue weighted by molar-refractivity contribution is -0.114. The summed E-state index contributed by atoms with van der Waals surface area (Å²) in [5.41, 5.74) is 3.93. The fourth-order valence-electron chi connectivity index (χ4n) is 3.84. The second-order valence-corrected chi connectivity index (χ2v) is 7.66. The first-order valence-corrected chi connectivity index (χ1v) is 10.1. The van der Waals surface area contributed by atoms with Crippen molar-refractivity contribution >= 4 is 34.4 Å². The van der Waals surface area contributed by atoms with E-state index < -0.39 is 0 Å². The lowest BCUT2D eigenvalue weighted by atomic mass is 10.1. The van der Waals surface area contributed by atoms with Gasteiger partial charge in [0.25, 0.3) is 5.91 Å². The van der Waals surface area contributed by atoms with Crippen molar-refractivity contribution < 1.29 is 9.59 Å². The number of pyridine rings is 2. The number of amides is 2. The van der Waals surface area contributed by atoms with Crippen LogP contribution in [0.1, 0.15) is 28.4 Å². The zero-order chi connectivity index (χ0) is 21.3. The molecule has 0 atom stereocenters. The van der Waals surface area contributed by atoms with Crippen molar-refractivity contribution in [2.24, 2.45) is 0 Å². The van der Waals surface area contributed by atoms with Crippen LogP contribution in [-0.4, -0.2) is 52.9 Å². The Kier molecular flexibility index (Phi) is 5.35. The molecule has 1 aliphatic heterocycles. The number of nitrogens with zero attached hydrogens (tertiary/aromatic N) is 4. The molecule has 30 heavy (non-hydrogen) atoms. The van der Waals surface area contributed by atoms with Gasteiger partial charge in [-0.25, -0.2) is 9.97 Å². The lowest BCUT2D eigenvalue weighted by Crippen LogP contribution is -2.49. The number of piperazine rings is 1. The van der Waals surface area contributed by atoms with Crippen molar-refractivity contribution in [3.8, 4) is 0 Å². The van der Waals surface area contributed by atoms with E-state index in [0.717, 1.165) is 24.4 Å². The van der Waals surface area contributed by atoms with E-state index in [1.165, 1.54) is 23.4 Å². The molecule has 1 aromatic carbocycles. The lowest BCUT2D eigenvalue weighted by Gasteiger charge is -2.35. The van der Waals surface area contributed by atoms with Gasteiger partial charge in [-0.2, -0.15) is 0 Å². The first-order valence-electron chi connectivity index (χ1n) is 10.1. The Morgan fingerprint density at radius 1 is 1.00 bits per heavy atom.